The number of aromatic nitrogens is 4. The molecule has 5 aromatic rings. The largest absolute Gasteiger partial charge is 0.508 e. The first-order valence-corrected chi connectivity index (χ1v) is 10.8. The van der Waals surface area contributed by atoms with Gasteiger partial charge < -0.3 is 19.3 Å². The van der Waals surface area contributed by atoms with Crippen LogP contribution in [0, 0.1) is 5.82 Å². The predicted octanol–water partition coefficient (Wildman–Crippen LogP) is 4.94. The van der Waals surface area contributed by atoms with Crippen LogP contribution in [0.15, 0.2) is 67.0 Å². The van der Waals surface area contributed by atoms with E-state index in [9.17, 15) is 9.50 Å². The summed E-state index contributed by atoms with van der Waals surface area (Å²) in [6.45, 7) is 0. The normalized spacial score (nSPS) is 14.2. The molecular weight excluding hydrogens is 451 g/mol. The Morgan fingerprint density at radius 3 is 2.54 bits per heavy atom. The van der Waals surface area contributed by atoms with E-state index in [1.807, 2.05) is 24.3 Å². The lowest BCUT2D eigenvalue weighted by atomic mass is 9.83. The first-order valence-electron chi connectivity index (χ1n) is 10.8. The lowest BCUT2D eigenvalue weighted by Gasteiger charge is -2.28. The summed E-state index contributed by atoms with van der Waals surface area (Å²) < 4.78 is 32.1. The third-order valence-electron chi connectivity index (χ3n) is 6.03. The van der Waals surface area contributed by atoms with Gasteiger partial charge in [-0.05, 0) is 48.0 Å². The van der Waals surface area contributed by atoms with Gasteiger partial charge in [-0.1, -0.05) is 12.1 Å². The fourth-order valence-electron chi connectivity index (χ4n) is 4.40. The van der Waals surface area contributed by atoms with Crippen molar-refractivity contribution in [2.75, 3.05) is 14.2 Å². The van der Waals surface area contributed by atoms with Crippen LogP contribution in [0.4, 0.5) is 4.39 Å². The second-order valence-electron chi connectivity index (χ2n) is 8.05. The van der Waals surface area contributed by atoms with Gasteiger partial charge in [0.2, 0.25) is 5.88 Å². The fraction of sp³-hybridized carbons (Fsp3) is 0.115. The molecule has 1 aliphatic heterocycles. The van der Waals surface area contributed by atoms with Crippen LogP contribution in [0.1, 0.15) is 22.6 Å². The second kappa shape index (κ2) is 7.98. The Labute approximate surface area is 199 Å². The number of benzene rings is 3. The van der Waals surface area contributed by atoms with Crippen LogP contribution in [0.25, 0.3) is 17.0 Å². The van der Waals surface area contributed by atoms with Gasteiger partial charge in [0.25, 0.3) is 0 Å². The minimum absolute atomic E-state index is 0.0837. The highest BCUT2D eigenvalue weighted by Crippen LogP contribution is 2.49. The van der Waals surface area contributed by atoms with E-state index in [0.29, 0.717) is 45.7 Å². The molecule has 0 amide bonds. The first kappa shape index (κ1) is 20.9. The maximum atomic E-state index is 13.4. The number of halogens is 1. The Balaban J connectivity index is 1.60. The standard InChI is InChI=1S/C26H19FN4O4/c1-33-19-10-5-15(11-21(19)34-2)22-18-9-8-17(32)12-20(18)35-26-23(22)25-29-24(30-31(25)13-28-26)14-3-6-16(27)7-4-14/h3-13,22,32H,1-2H3/t22-/m0/s1. The Kier molecular flexibility index (Phi) is 4.77. The van der Waals surface area contributed by atoms with Gasteiger partial charge in [0.05, 0.1) is 19.8 Å². The number of phenols is 1. The van der Waals surface area contributed by atoms with E-state index in [1.165, 1.54) is 18.5 Å². The van der Waals surface area contributed by atoms with Gasteiger partial charge in [0, 0.05) is 23.1 Å². The monoisotopic (exact) mass is 470 g/mol. The Hall–Kier alpha value is -4.66. The number of methoxy groups -OCH3 is 2. The van der Waals surface area contributed by atoms with Crippen molar-refractivity contribution in [3.63, 3.8) is 0 Å². The maximum Gasteiger partial charge on any atom is 0.228 e. The topological polar surface area (TPSA) is 91.0 Å². The number of aromatic hydroxyl groups is 1. The van der Waals surface area contributed by atoms with Crippen LogP contribution in [0.2, 0.25) is 0 Å². The van der Waals surface area contributed by atoms with Crippen molar-refractivity contribution < 1.29 is 23.7 Å². The molecule has 9 heteroatoms. The number of fused-ring (bicyclic) bond motifs is 4. The molecule has 2 aromatic heterocycles. The van der Waals surface area contributed by atoms with E-state index in [-0.39, 0.29) is 17.5 Å². The Morgan fingerprint density at radius 2 is 1.77 bits per heavy atom. The molecule has 0 fully saturated rings. The molecule has 0 saturated carbocycles. The van der Waals surface area contributed by atoms with Crippen molar-refractivity contribution >= 4 is 5.65 Å². The molecule has 1 aliphatic rings. The molecule has 3 heterocycles. The zero-order valence-corrected chi connectivity index (χ0v) is 18.8. The van der Waals surface area contributed by atoms with E-state index >= 15 is 0 Å². The van der Waals surface area contributed by atoms with Crippen molar-refractivity contribution in [3.8, 4) is 40.3 Å². The highest BCUT2D eigenvalue weighted by Gasteiger charge is 2.34. The second-order valence-corrected chi connectivity index (χ2v) is 8.05. The summed E-state index contributed by atoms with van der Waals surface area (Å²) in [6.07, 6.45) is 1.52. The molecule has 0 bridgehead atoms. The van der Waals surface area contributed by atoms with Gasteiger partial charge in [-0.15, -0.1) is 5.10 Å². The molecule has 174 valence electrons. The highest BCUT2D eigenvalue weighted by atomic mass is 19.1. The molecule has 0 saturated heterocycles. The summed E-state index contributed by atoms with van der Waals surface area (Å²) >= 11 is 0. The molecule has 3 aromatic carbocycles. The number of hydrogen-bond acceptors (Lipinski definition) is 7. The van der Waals surface area contributed by atoms with Crippen LogP contribution < -0.4 is 14.2 Å². The summed E-state index contributed by atoms with van der Waals surface area (Å²) in [4.78, 5) is 9.26. The van der Waals surface area contributed by atoms with E-state index in [0.717, 1.165) is 11.1 Å². The number of nitrogens with zero attached hydrogens (tertiary/aromatic N) is 4. The summed E-state index contributed by atoms with van der Waals surface area (Å²) in [5.41, 5.74) is 3.64. The summed E-state index contributed by atoms with van der Waals surface area (Å²) in [6, 6.07) is 16.7. The average molecular weight is 470 g/mol. The minimum Gasteiger partial charge on any atom is -0.508 e. The lowest BCUT2D eigenvalue weighted by Crippen LogP contribution is -2.15. The summed E-state index contributed by atoms with van der Waals surface area (Å²) in [5, 5.41) is 14.6. The first-order chi connectivity index (χ1) is 17.1. The maximum absolute atomic E-state index is 13.4. The van der Waals surface area contributed by atoms with Crippen molar-refractivity contribution in [2.24, 2.45) is 0 Å². The zero-order valence-electron chi connectivity index (χ0n) is 18.8. The summed E-state index contributed by atoms with van der Waals surface area (Å²) in [7, 11) is 3.17. The number of rotatable bonds is 4. The van der Waals surface area contributed by atoms with E-state index in [4.69, 9.17) is 19.2 Å². The molecule has 0 spiro atoms. The summed E-state index contributed by atoms with van der Waals surface area (Å²) in [5.74, 6) is 1.86. The van der Waals surface area contributed by atoms with Crippen LogP contribution in [-0.4, -0.2) is 38.9 Å². The molecule has 0 unspecified atom stereocenters. The van der Waals surface area contributed by atoms with Crippen LogP contribution >= 0.6 is 0 Å². The predicted molar refractivity (Wildman–Crippen MR) is 125 cm³/mol. The highest BCUT2D eigenvalue weighted by molar-refractivity contribution is 5.69. The Bertz CT molecular complexity index is 1580. The smallest absolute Gasteiger partial charge is 0.228 e. The van der Waals surface area contributed by atoms with Gasteiger partial charge >= 0.3 is 0 Å². The van der Waals surface area contributed by atoms with Crippen molar-refractivity contribution in [1.29, 1.82) is 0 Å². The average Bonchev–Trinajstić information content (AvgIpc) is 3.32. The SMILES string of the molecule is COc1ccc([C@H]2c3ccc(O)cc3Oc3ncn4nc(-c5ccc(F)cc5)nc4c32)cc1OC. The molecule has 1 atom stereocenters. The van der Waals surface area contributed by atoms with E-state index < -0.39 is 0 Å². The van der Waals surface area contributed by atoms with Crippen LogP contribution in [-0.2, 0) is 0 Å². The van der Waals surface area contributed by atoms with E-state index in [1.54, 1.807) is 43.0 Å². The van der Waals surface area contributed by atoms with Gasteiger partial charge in [-0.2, -0.15) is 0 Å². The van der Waals surface area contributed by atoms with Gasteiger partial charge in [-0.3, -0.25) is 0 Å². The van der Waals surface area contributed by atoms with Crippen LogP contribution in [0.3, 0.4) is 0 Å². The van der Waals surface area contributed by atoms with Gasteiger partial charge in [0.1, 0.15) is 23.6 Å². The minimum atomic E-state index is -0.351. The zero-order chi connectivity index (χ0) is 24.1. The third kappa shape index (κ3) is 3.40. The third-order valence-corrected chi connectivity index (χ3v) is 6.03. The molecule has 0 aliphatic carbocycles. The van der Waals surface area contributed by atoms with Gasteiger partial charge in [-0.25, -0.2) is 18.9 Å². The van der Waals surface area contributed by atoms with E-state index in [2.05, 4.69) is 10.1 Å². The molecule has 8 nitrogen and oxygen atoms in total. The molecule has 35 heavy (non-hydrogen) atoms. The molecule has 1 N–H and O–H groups in total. The fourth-order valence-corrected chi connectivity index (χ4v) is 4.40. The number of hydrogen-bond donors (Lipinski definition) is 1. The van der Waals surface area contributed by atoms with Crippen LogP contribution in [0.5, 0.6) is 28.9 Å². The molecule has 0 radical (unpaired) electrons. The molecular formula is C26H19FN4O4. The van der Waals surface area contributed by atoms with Crippen molar-refractivity contribution in [1.82, 2.24) is 19.6 Å². The lowest BCUT2D eigenvalue weighted by molar-refractivity contribution is 0.354. The number of phenolic OH excluding ortho intramolecular Hbond substituents is 1. The molecule has 6 rings (SSSR count). The quantitative estimate of drug-likeness (QED) is 0.390. The van der Waals surface area contributed by atoms with Crippen molar-refractivity contribution in [3.05, 3.63) is 89.5 Å². The van der Waals surface area contributed by atoms with Gasteiger partial charge in [0.15, 0.2) is 23.0 Å². The van der Waals surface area contributed by atoms with Crippen molar-refractivity contribution in [2.45, 2.75) is 5.92 Å². The Morgan fingerprint density at radius 1 is 0.971 bits per heavy atom. The number of ether oxygens (including phenoxy) is 3.